The predicted octanol–water partition coefficient (Wildman–Crippen LogP) is 5.15. The lowest BCUT2D eigenvalue weighted by atomic mass is 10.2. The Bertz CT molecular complexity index is 1520. The second-order valence-corrected chi connectivity index (χ2v) is 9.79. The van der Waals surface area contributed by atoms with E-state index in [4.69, 9.17) is 11.6 Å². The van der Waals surface area contributed by atoms with Crippen molar-refractivity contribution in [1.82, 2.24) is 19.7 Å². The first-order valence-electron chi connectivity index (χ1n) is 10.3. The number of amides is 1. The average Bonchev–Trinajstić information content (AvgIpc) is 3.48. The van der Waals surface area contributed by atoms with Gasteiger partial charge in [-0.2, -0.15) is 4.99 Å². The van der Waals surface area contributed by atoms with Crippen LogP contribution in [-0.4, -0.2) is 25.4 Å². The number of thiazole rings is 1. The molecule has 0 atom stereocenters. The van der Waals surface area contributed by atoms with Gasteiger partial charge in [0.2, 0.25) is 5.13 Å². The number of carbonyl (C=O) groups excluding carboxylic acids is 1. The van der Waals surface area contributed by atoms with Crippen molar-refractivity contribution in [2.75, 3.05) is 0 Å². The zero-order valence-electron chi connectivity index (χ0n) is 18.2. The SMILES string of the molecule is Cc1c(-c2csc(/N=C3\NC(=O)/C(=C\c4ccc(Cl)cc4)S3)n2)c(=O)n(-c2ccccc2)n1C. The summed E-state index contributed by atoms with van der Waals surface area (Å²) in [6.07, 6.45) is 1.78. The molecule has 3 heterocycles. The smallest absolute Gasteiger partial charge is 0.281 e. The van der Waals surface area contributed by atoms with Gasteiger partial charge >= 0.3 is 0 Å². The number of carbonyl (C=O) groups is 1. The van der Waals surface area contributed by atoms with Crippen LogP contribution in [0.1, 0.15) is 11.3 Å². The number of nitrogens with one attached hydrogen (secondary N) is 1. The zero-order chi connectivity index (χ0) is 23.8. The van der Waals surface area contributed by atoms with Gasteiger partial charge in [0.05, 0.1) is 21.8 Å². The molecule has 10 heteroatoms. The molecule has 2 aromatic heterocycles. The van der Waals surface area contributed by atoms with Gasteiger partial charge < -0.3 is 5.32 Å². The summed E-state index contributed by atoms with van der Waals surface area (Å²) in [5.41, 5.74) is 3.39. The zero-order valence-corrected chi connectivity index (χ0v) is 20.5. The second kappa shape index (κ2) is 9.09. The maximum Gasteiger partial charge on any atom is 0.281 e. The van der Waals surface area contributed by atoms with Crippen LogP contribution in [0.4, 0.5) is 5.13 Å². The summed E-state index contributed by atoms with van der Waals surface area (Å²) in [6.45, 7) is 1.89. The predicted molar refractivity (Wildman–Crippen MR) is 139 cm³/mol. The Balaban J connectivity index is 1.43. The standard InChI is InChI=1S/C24H18ClN5O2S2/c1-14-20(22(32)30(29(14)2)17-6-4-3-5-7-17)18-13-33-23(26-18)28-24-27-21(31)19(34-24)12-15-8-10-16(25)11-9-15/h3-13H,1-2H3,(H,26,27,28,31)/b19-12+. The lowest BCUT2D eigenvalue weighted by molar-refractivity contribution is -0.115. The Kier molecular flexibility index (Phi) is 5.99. The molecule has 34 heavy (non-hydrogen) atoms. The summed E-state index contributed by atoms with van der Waals surface area (Å²) in [4.78, 5) is 35.2. The fraction of sp³-hybridized carbons (Fsp3) is 0.0833. The van der Waals surface area contributed by atoms with Crippen LogP contribution in [0, 0.1) is 6.92 Å². The number of hydrogen-bond acceptors (Lipinski definition) is 6. The van der Waals surface area contributed by atoms with E-state index in [2.05, 4.69) is 15.3 Å². The monoisotopic (exact) mass is 507 g/mol. The van der Waals surface area contributed by atoms with Crippen LogP contribution < -0.4 is 10.9 Å². The first-order chi connectivity index (χ1) is 16.4. The molecular formula is C24H18ClN5O2S2. The Labute approximate surface area is 208 Å². The van der Waals surface area contributed by atoms with E-state index in [1.807, 2.05) is 66.5 Å². The van der Waals surface area contributed by atoms with Crippen LogP contribution in [0.3, 0.4) is 0 Å². The number of halogens is 1. The fourth-order valence-electron chi connectivity index (χ4n) is 3.57. The highest BCUT2D eigenvalue weighted by Crippen LogP contribution is 2.31. The average molecular weight is 508 g/mol. The van der Waals surface area contributed by atoms with Crippen molar-refractivity contribution < 1.29 is 4.79 Å². The lowest BCUT2D eigenvalue weighted by Gasteiger charge is -2.07. The van der Waals surface area contributed by atoms with Crippen molar-refractivity contribution in [3.63, 3.8) is 0 Å². The molecule has 5 rings (SSSR count). The van der Waals surface area contributed by atoms with E-state index in [-0.39, 0.29) is 11.5 Å². The first kappa shape index (κ1) is 22.4. The third-order valence-electron chi connectivity index (χ3n) is 5.32. The van der Waals surface area contributed by atoms with Crippen LogP contribution in [0.25, 0.3) is 23.0 Å². The molecule has 0 aliphatic carbocycles. The summed E-state index contributed by atoms with van der Waals surface area (Å²) in [6, 6.07) is 16.7. The Morgan fingerprint density at radius 3 is 2.56 bits per heavy atom. The summed E-state index contributed by atoms with van der Waals surface area (Å²) < 4.78 is 3.44. The molecular weight excluding hydrogens is 490 g/mol. The number of rotatable bonds is 4. The molecule has 1 amide bonds. The molecule has 1 aliphatic heterocycles. The Hall–Kier alpha value is -3.40. The Morgan fingerprint density at radius 2 is 1.82 bits per heavy atom. The number of nitrogens with zero attached hydrogens (tertiary/aromatic N) is 4. The number of aliphatic imine (C=N–C) groups is 1. The van der Waals surface area contributed by atoms with Crippen LogP contribution in [0.2, 0.25) is 5.02 Å². The van der Waals surface area contributed by atoms with Gasteiger partial charge in [-0.15, -0.1) is 11.3 Å². The highest BCUT2D eigenvalue weighted by atomic mass is 35.5. The normalized spacial score (nSPS) is 15.9. The van der Waals surface area contributed by atoms with Crippen molar-refractivity contribution in [1.29, 1.82) is 0 Å². The van der Waals surface area contributed by atoms with E-state index in [1.54, 1.807) is 22.9 Å². The van der Waals surface area contributed by atoms with Gasteiger partial charge in [0.1, 0.15) is 0 Å². The number of para-hydroxylation sites is 1. The quantitative estimate of drug-likeness (QED) is 0.387. The van der Waals surface area contributed by atoms with Crippen molar-refractivity contribution >= 4 is 57.0 Å². The number of benzene rings is 2. The number of amidine groups is 1. The van der Waals surface area contributed by atoms with Gasteiger partial charge in [0.15, 0.2) is 5.17 Å². The van der Waals surface area contributed by atoms with Crippen molar-refractivity contribution in [3.05, 3.63) is 91.5 Å². The molecule has 1 N–H and O–H groups in total. The van der Waals surface area contributed by atoms with Gasteiger partial charge in [0, 0.05) is 23.1 Å². The molecule has 0 bridgehead atoms. The van der Waals surface area contributed by atoms with E-state index in [1.165, 1.54) is 23.1 Å². The molecule has 0 saturated carbocycles. The van der Waals surface area contributed by atoms with Crippen LogP contribution in [-0.2, 0) is 11.8 Å². The molecule has 2 aromatic carbocycles. The van der Waals surface area contributed by atoms with E-state index in [9.17, 15) is 9.59 Å². The highest BCUT2D eigenvalue weighted by molar-refractivity contribution is 8.18. The molecule has 0 spiro atoms. The van der Waals surface area contributed by atoms with E-state index in [0.717, 1.165) is 16.9 Å². The minimum absolute atomic E-state index is 0.146. The highest BCUT2D eigenvalue weighted by Gasteiger charge is 2.25. The van der Waals surface area contributed by atoms with Crippen molar-refractivity contribution in [3.8, 4) is 16.9 Å². The number of hydrogen-bond donors (Lipinski definition) is 1. The summed E-state index contributed by atoms with van der Waals surface area (Å²) in [5, 5.41) is 6.11. The van der Waals surface area contributed by atoms with Gasteiger partial charge in [-0.1, -0.05) is 41.9 Å². The summed E-state index contributed by atoms with van der Waals surface area (Å²) in [5.74, 6) is -0.222. The lowest BCUT2D eigenvalue weighted by Crippen LogP contribution is -2.20. The van der Waals surface area contributed by atoms with Gasteiger partial charge in [-0.25, -0.2) is 9.67 Å². The van der Waals surface area contributed by atoms with E-state index >= 15 is 0 Å². The van der Waals surface area contributed by atoms with Crippen molar-refractivity contribution in [2.45, 2.75) is 6.92 Å². The van der Waals surface area contributed by atoms with Gasteiger partial charge in [-0.3, -0.25) is 14.3 Å². The van der Waals surface area contributed by atoms with E-state index in [0.29, 0.717) is 31.5 Å². The maximum atomic E-state index is 13.2. The molecule has 1 saturated heterocycles. The third-order valence-corrected chi connectivity index (χ3v) is 7.21. The third kappa shape index (κ3) is 4.25. The molecule has 0 radical (unpaired) electrons. The second-order valence-electron chi connectivity index (χ2n) is 7.49. The maximum absolute atomic E-state index is 13.2. The summed E-state index contributed by atoms with van der Waals surface area (Å²) >= 11 is 8.48. The molecule has 7 nitrogen and oxygen atoms in total. The summed E-state index contributed by atoms with van der Waals surface area (Å²) in [7, 11) is 1.85. The van der Waals surface area contributed by atoms with Gasteiger partial charge in [0.25, 0.3) is 11.5 Å². The Morgan fingerprint density at radius 1 is 1.09 bits per heavy atom. The van der Waals surface area contributed by atoms with Crippen LogP contribution >= 0.6 is 34.7 Å². The molecule has 1 aliphatic rings. The van der Waals surface area contributed by atoms with Crippen LogP contribution in [0.15, 0.2) is 74.7 Å². The van der Waals surface area contributed by atoms with E-state index < -0.39 is 0 Å². The molecule has 4 aromatic rings. The minimum atomic E-state index is -0.222. The molecule has 0 unspecified atom stereocenters. The topological polar surface area (TPSA) is 81.3 Å². The molecule has 1 fully saturated rings. The largest absolute Gasteiger partial charge is 0.300 e. The number of aromatic nitrogens is 3. The van der Waals surface area contributed by atoms with Crippen LogP contribution in [0.5, 0.6) is 0 Å². The number of thioether (sulfide) groups is 1. The van der Waals surface area contributed by atoms with Crippen molar-refractivity contribution in [2.24, 2.45) is 12.0 Å². The first-order valence-corrected chi connectivity index (χ1v) is 12.3. The van der Waals surface area contributed by atoms with Gasteiger partial charge in [-0.05, 0) is 54.6 Å². The fourth-order valence-corrected chi connectivity index (χ4v) is 5.26. The molecule has 170 valence electrons. The minimum Gasteiger partial charge on any atom is -0.300 e.